The highest BCUT2D eigenvalue weighted by molar-refractivity contribution is 8.00. The van der Waals surface area contributed by atoms with Crippen molar-refractivity contribution < 1.29 is 33.4 Å². The molecule has 0 aliphatic carbocycles. The lowest BCUT2D eigenvalue weighted by Crippen LogP contribution is -2.30. The van der Waals surface area contributed by atoms with Crippen molar-refractivity contribution in [3.8, 4) is 17.2 Å². The SMILES string of the molecule is CCC(Sc1cccc(NC(=O)/C(=C\c2cc(OC)c(OC)c(OC)c2)NC(=O)c2ccccc2)c1)C(=O)Nc1ccc(C(N)=O)cc1. The van der Waals surface area contributed by atoms with Crippen LogP contribution in [0, 0.1) is 0 Å². The number of amides is 4. The van der Waals surface area contributed by atoms with Crippen LogP contribution in [0.25, 0.3) is 6.08 Å². The Morgan fingerprint density at radius 2 is 1.44 bits per heavy atom. The van der Waals surface area contributed by atoms with Gasteiger partial charge in [-0.05, 0) is 84.8 Å². The fourth-order valence-electron chi connectivity index (χ4n) is 4.57. The van der Waals surface area contributed by atoms with Gasteiger partial charge < -0.3 is 35.9 Å². The number of benzene rings is 4. The largest absolute Gasteiger partial charge is 0.493 e. The van der Waals surface area contributed by atoms with Crippen LogP contribution in [-0.2, 0) is 9.59 Å². The van der Waals surface area contributed by atoms with E-state index >= 15 is 0 Å². The average Bonchev–Trinajstić information content (AvgIpc) is 3.10. The molecule has 0 radical (unpaired) electrons. The molecule has 4 rings (SSSR count). The van der Waals surface area contributed by atoms with E-state index in [1.54, 1.807) is 84.9 Å². The molecule has 0 saturated carbocycles. The van der Waals surface area contributed by atoms with Crippen molar-refractivity contribution in [3.05, 3.63) is 113 Å². The molecule has 0 aliphatic rings. The number of primary amides is 1. The summed E-state index contributed by atoms with van der Waals surface area (Å²) < 4.78 is 16.3. The lowest BCUT2D eigenvalue weighted by Gasteiger charge is -2.16. The van der Waals surface area contributed by atoms with Crippen molar-refractivity contribution in [1.29, 1.82) is 0 Å². The first-order valence-corrected chi connectivity index (χ1v) is 15.7. The number of hydrogen-bond acceptors (Lipinski definition) is 8. The minimum Gasteiger partial charge on any atom is -0.493 e. The summed E-state index contributed by atoms with van der Waals surface area (Å²) >= 11 is 1.33. The monoisotopic (exact) mass is 668 g/mol. The zero-order chi connectivity index (χ0) is 34.6. The molecule has 0 aromatic heterocycles. The van der Waals surface area contributed by atoms with E-state index in [2.05, 4.69) is 16.0 Å². The molecule has 4 aromatic rings. The summed E-state index contributed by atoms with van der Waals surface area (Å²) in [6.07, 6.45) is 2.03. The van der Waals surface area contributed by atoms with Crippen molar-refractivity contribution in [3.63, 3.8) is 0 Å². The Kier molecular flexibility index (Phi) is 12.2. The third-order valence-corrected chi connectivity index (χ3v) is 8.36. The summed E-state index contributed by atoms with van der Waals surface area (Å²) in [4.78, 5) is 52.0. The molecular formula is C36H36N4O7S. The molecule has 4 amide bonds. The topological polar surface area (TPSA) is 158 Å². The van der Waals surface area contributed by atoms with Gasteiger partial charge in [0.2, 0.25) is 17.6 Å². The number of carbonyl (C=O) groups is 4. The van der Waals surface area contributed by atoms with Gasteiger partial charge >= 0.3 is 0 Å². The minimum absolute atomic E-state index is 0.0376. The third-order valence-electron chi connectivity index (χ3n) is 7.00. The quantitative estimate of drug-likeness (QED) is 0.0980. The zero-order valence-corrected chi connectivity index (χ0v) is 27.7. The maximum atomic E-state index is 13.7. The van der Waals surface area contributed by atoms with Gasteiger partial charge in [0.15, 0.2) is 11.5 Å². The molecule has 48 heavy (non-hydrogen) atoms. The molecule has 0 saturated heterocycles. The first-order valence-electron chi connectivity index (χ1n) is 14.8. The van der Waals surface area contributed by atoms with E-state index in [4.69, 9.17) is 19.9 Å². The number of ether oxygens (including phenoxy) is 3. The summed E-state index contributed by atoms with van der Waals surface area (Å²) in [6, 6.07) is 25.2. The van der Waals surface area contributed by atoms with Crippen molar-refractivity contribution in [2.45, 2.75) is 23.5 Å². The lowest BCUT2D eigenvalue weighted by atomic mass is 10.1. The molecule has 0 spiro atoms. The van der Waals surface area contributed by atoms with Gasteiger partial charge in [-0.3, -0.25) is 19.2 Å². The molecule has 12 heteroatoms. The number of anilines is 2. The maximum absolute atomic E-state index is 13.7. The summed E-state index contributed by atoms with van der Waals surface area (Å²) in [5.41, 5.74) is 7.47. The number of nitrogens with one attached hydrogen (secondary N) is 3. The normalized spacial score (nSPS) is 11.5. The van der Waals surface area contributed by atoms with Gasteiger partial charge in [0.05, 0.1) is 26.6 Å². The fraction of sp³-hybridized carbons (Fsp3) is 0.167. The first-order chi connectivity index (χ1) is 23.1. The summed E-state index contributed by atoms with van der Waals surface area (Å²) in [6.45, 7) is 1.90. The van der Waals surface area contributed by atoms with Gasteiger partial charge in [-0.25, -0.2) is 0 Å². The van der Waals surface area contributed by atoms with E-state index in [0.29, 0.717) is 51.7 Å². The van der Waals surface area contributed by atoms with Crippen molar-refractivity contribution in [1.82, 2.24) is 5.32 Å². The zero-order valence-electron chi connectivity index (χ0n) is 26.9. The Bertz CT molecular complexity index is 1790. The number of nitrogens with two attached hydrogens (primary N) is 1. The van der Waals surface area contributed by atoms with Crippen LogP contribution in [-0.4, -0.2) is 50.2 Å². The van der Waals surface area contributed by atoms with E-state index in [1.807, 2.05) is 13.0 Å². The smallest absolute Gasteiger partial charge is 0.272 e. The van der Waals surface area contributed by atoms with Crippen molar-refractivity contribution in [2.75, 3.05) is 32.0 Å². The molecular weight excluding hydrogens is 632 g/mol. The molecule has 0 aliphatic heterocycles. The molecule has 11 nitrogen and oxygen atoms in total. The van der Waals surface area contributed by atoms with Crippen LogP contribution in [0.3, 0.4) is 0 Å². The molecule has 0 heterocycles. The summed E-state index contributed by atoms with van der Waals surface area (Å²) in [7, 11) is 4.45. The van der Waals surface area contributed by atoms with Gasteiger partial charge in [0.1, 0.15) is 5.70 Å². The second-order valence-electron chi connectivity index (χ2n) is 10.3. The standard InChI is InChI=1S/C36H36N4O7S/c1-5-31(36(44)38-25-16-14-23(15-17-25)33(37)41)48-27-13-9-12-26(21-27)39-35(43)28(40-34(42)24-10-7-6-8-11-24)18-22-19-29(45-2)32(47-4)30(20-22)46-3/h6-21,31H,5H2,1-4H3,(H2,37,41)(H,38,44)(H,39,43)(H,40,42)/b28-18+. The predicted molar refractivity (Wildman–Crippen MR) is 187 cm³/mol. The second kappa shape index (κ2) is 16.7. The number of hydrogen-bond donors (Lipinski definition) is 4. The molecule has 1 unspecified atom stereocenters. The summed E-state index contributed by atoms with van der Waals surface area (Å²) in [5, 5.41) is 7.99. The highest BCUT2D eigenvalue weighted by atomic mass is 32.2. The van der Waals surface area contributed by atoms with Gasteiger partial charge in [0, 0.05) is 27.4 Å². The first kappa shape index (κ1) is 35.1. The van der Waals surface area contributed by atoms with Crippen LogP contribution in [0.15, 0.2) is 102 Å². The second-order valence-corrected chi connectivity index (χ2v) is 11.5. The number of methoxy groups -OCH3 is 3. The van der Waals surface area contributed by atoms with Gasteiger partial charge in [-0.1, -0.05) is 31.2 Å². The Balaban J connectivity index is 1.56. The molecule has 0 bridgehead atoms. The highest BCUT2D eigenvalue weighted by Crippen LogP contribution is 2.38. The minimum atomic E-state index is -0.584. The van der Waals surface area contributed by atoms with Gasteiger partial charge in [-0.2, -0.15) is 0 Å². The van der Waals surface area contributed by atoms with Crippen LogP contribution in [0.2, 0.25) is 0 Å². The molecule has 5 N–H and O–H groups in total. The van der Waals surface area contributed by atoms with Gasteiger partial charge in [-0.15, -0.1) is 11.8 Å². The van der Waals surface area contributed by atoms with E-state index in [0.717, 1.165) is 4.90 Å². The number of rotatable bonds is 14. The van der Waals surface area contributed by atoms with Gasteiger partial charge in [0.25, 0.3) is 11.8 Å². The Hall–Kier alpha value is -5.75. The average molecular weight is 669 g/mol. The Morgan fingerprint density at radius 1 is 0.771 bits per heavy atom. The molecule has 0 fully saturated rings. The summed E-state index contributed by atoms with van der Waals surface area (Å²) in [5.74, 6) is -0.703. The Labute approximate surface area is 282 Å². The molecule has 4 aromatic carbocycles. The number of thioether (sulfide) groups is 1. The highest BCUT2D eigenvalue weighted by Gasteiger charge is 2.20. The van der Waals surface area contributed by atoms with E-state index in [9.17, 15) is 19.2 Å². The molecule has 1 atom stereocenters. The van der Waals surface area contributed by atoms with Crippen LogP contribution < -0.4 is 35.9 Å². The van der Waals surface area contributed by atoms with Crippen LogP contribution in [0.5, 0.6) is 17.2 Å². The van der Waals surface area contributed by atoms with Crippen LogP contribution in [0.1, 0.15) is 39.6 Å². The van der Waals surface area contributed by atoms with Crippen molar-refractivity contribution >= 4 is 52.8 Å². The third kappa shape index (κ3) is 9.17. The van der Waals surface area contributed by atoms with Crippen LogP contribution >= 0.6 is 11.8 Å². The number of carbonyl (C=O) groups excluding carboxylic acids is 4. The maximum Gasteiger partial charge on any atom is 0.272 e. The fourth-order valence-corrected chi connectivity index (χ4v) is 5.58. The van der Waals surface area contributed by atoms with E-state index in [-0.39, 0.29) is 11.6 Å². The molecule has 248 valence electrons. The van der Waals surface area contributed by atoms with E-state index in [1.165, 1.54) is 39.2 Å². The Morgan fingerprint density at radius 3 is 2.02 bits per heavy atom. The van der Waals surface area contributed by atoms with Crippen LogP contribution in [0.4, 0.5) is 11.4 Å². The van der Waals surface area contributed by atoms with Crippen molar-refractivity contribution in [2.24, 2.45) is 5.73 Å². The predicted octanol–water partition coefficient (Wildman–Crippen LogP) is 5.73. The van der Waals surface area contributed by atoms with E-state index < -0.39 is 23.0 Å². The lowest BCUT2D eigenvalue weighted by molar-refractivity contribution is -0.116.